The summed E-state index contributed by atoms with van der Waals surface area (Å²) in [5.41, 5.74) is -2.13. The maximum Gasteiger partial charge on any atom is 0.416 e. The minimum absolute atomic E-state index is 0.0745. The van der Waals surface area contributed by atoms with Gasteiger partial charge in [-0.1, -0.05) is 6.07 Å². The Balaban J connectivity index is 1.68. The number of hydrogen-bond donors (Lipinski definition) is 2. The first-order valence-corrected chi connectivity index (χ1v) is 15.7. The molecule has 4 rings (SSSR count). The van der Waals surface area contributed by atoms with E-state index in [-0.39, 0.29) is 22.0 Å². The van der Waals surface area contributed by atoms with Crippen molar-refractivity contribution in [3.63, 3.8) is 0 Å². The van der Waals surface area contributed by atoms with Crippen LogP contribution in [-0.4, -0.2) is 52.1 Å². The quantitative estimate of drug-likeness (QED) is 0.378. The first-order chi connectivity index (χ1) is 20.3. The Hall–Kier alpha value is -4.38. The fourth-order valence-corrected chi connectivity index (χ4v) is 6.61. The van der Waals surface area contributed by atoms with Crippen LogP contribution in [0, 0.1) is 0 Å². The number of halogens is 3. The van der Waals surface area contributed by atoms with Gasteiger partial charge in [0, 0.05) is 18.1 Å². The van der Waals surface area contributed by atoms with Crippen molar-refractivity contribution in [2.45, 2.75) is 54.9 Å². The van der Waals surface area contributed by atoms with Crippen LogP contribution in [0.15, 0.2) is 76.8 Å². The second-order valence-corrected chi connectivity index (χ2v) is 14.1. The molecule has 236 valence electrons. The molecule has 17 heteroatoms. The number of rotatable bonds is 7. The zero-order valence-electron chi connectivity index (χ0n) is 23.5. The summed E-state index contributed by atoms with van der Waals surface area (Å²) in [6, 6.07) is 9.28. The summed E-state index contributed by atoms with van der Waals surface area (Å²) in [5.74, 6) is -1.13. The Kier molecular flexibility index (Phi) is 8.84. The Bertz CT molecular complexity index is 1780. The highest BCUT2D eigenvalue weighted by molar-refractivity contribution is 7.92. The molecule has 2 amide bonds. The Morgan fingerprint density at radius 3 is 2.32 bits per heavy atom. The number of alkyl halides is 3. The molecule has 1 aromatic heterocycles. The van der Waals surface area contributed by atoms with Gasteiger partial charge in [0.1, 0.15) is 17.5 Å². The molecule has 0 aliphatic carbocycles. The van der Waals surface area contributed by atoms with Crippen LogP contribution < -0.4 is 19.1 Å². The van der Waals surface area contributed by atoms with Crippen LogP contribution in [0.2, 0.25) is 0 Å². The number of carbonyl (C=O) groups excluding carboxylic acids is 2. The van der Waals surface area contributed by atoms with Crippen molar-refractivity contribution < 1.29 is 49.1 Å². The number of carbonyl (C=O) groups is 2. The molecule has 0 fully saturated rings. The predicted octanol–water partition coefficient (Wildman–Crippen LogP) is 4.30. The zero-order chi connectivity index (χ0) is 32.5. The van der Waals surface area contributed by atoms with E-state index < -0.39 is 73.4 Å². The number of amides is 2. The summed E-state index contributed by atoms with van der Waals surface area (Å²) < 4.78 is 107. The lowest BCUT2D eigenvalue weighted by atomic mass is 10.1. The molecule has 1 atom stereocenters. The zero-order valence-corrected chi connectivity index (χ0v) is 25.1. The summed E-state index contributed by atoms with van der Waals surface area (Å²) >= 11 is 0. The van der Waals surface area contributed by atoms with E-state index in [0.717, 1.165) is 28.6 Å². The molecule has 44 heavy (non-hydrogen) atoms. The molecule has 12 nitrogen and oxygen atoms in total. The van der Waals surface area contributed by atoms with E-state index in [1.54, 1.807) is 20.8 Å². The number of nitrogens with zero attached hydrogens (tertiary/aromatic N) is 2. The number of hydrogen-bond acceptors (Lipinski definition) is 9. The van der Waals surface area contributed by atoms with Crippen LogP contribution in [0.1, 0.15) is 32.8 Å². The van der Waals surface area contributed by atoms with Crippen molar-refractivity contribution in [2.75, 3.05) is 16.2 Å². The highest BCUT2D eigenvalue weighted by atomic mass is 32.2. The molecular formula is C27H27F3N4O8S2. The molecule has 2 heterocycles. The molecule has 0 spiro atoms. The van der Waals surface area contributed by atoms with E-state index in [1.165, 1.54) is 30.6 Å². The van der Waals surface area contributed by atoms with Gasteiger partial charge in [0.2, 0.25) is 5.91 Å². The molecule has 1 unspecified atom stereocenters. The molecule has 2 aromatic carbocycles. The lowest BCUT2D eigenvalue weighted by molar-refractivity contribution is -0.137. The molecule has 0 saturated heterocycles. The Morgan fingerprint density at radius 1 is 1.00 bits per heavy atom. The van der Waals surface area contributed by atoms with Gasteiger partial charge in [0.25, 0.3) is 20.0 Å². The summed E-state index contributed by atoms with van der Waals surface area (Å²) in [5, 5.41) is 2.45. The molecular weight excluding hydrogens is 629 g/mol. The van der Waals surface area contributed by atoms with Crippen molar-refractivity contribution >= 4 is 43.4 Å². The Morgan fingerprint density at radius 2 is 1.68 bits per heavy atom. The highest BCUT2D eigenvalue weighted by Crippen LogP contribution is 2.40. The maximum absolute atomic E-state index is 13.8. The van der Waals surface area contributed by atoms with Gasteiger partial charge in [-0.05, 0) is 69.3 Å². The van der Waals surface area contributed by atoms with Crippen molar-refractivity contribution in [1.82, 2.24) is 9.71 Å². The van der Waals surface area contributed by atoms with Crippen molar-refractivity contribution in [1.29, 1.82) is 0 Å². The molecule has 0 saturated carbocycles. The van der Waals surface area contributed by atoms with Crippen LogP contribution in [0.3, 0.4) is 0 Å². The largest absolute Gasteiger partial charge is 0.486 e. The first-order valence-electron chi connectivity index (χ1n) is 12.8. The predicted molar refractivity (Wildman–Crippen MR) is 151 cm³/mol. The number of ether oxygens (including phenoxy) is 2. The molecule has 0 radical (unpaired) electrons. The first kappa shape index (κ1) is 32.5. The van der Waals surface area contributed by atoms with E-state index in [2.05, 4.69) is 10.3 Å². The van der Waals surface area contributed by atoms with Crippen molar-refractivity contribution in [3.8, 4) is 5.75 Å². The van der Waals surface area contributed by atoms with Gasteiger partial charge in [-0.3, -0.25) is 19.4 Å². The third-order valence-electron chi connectivity index (χ3n) is 5.91. The smallest absolute Gasteiger partial charge is 0.416 e. The average Bonchev–Trinajstić information content (AvgIpc) is 2.91. The lowest BCUT2D eigenvalue weighted by Gasteiger charge is -2.35. The van der Waals surface area contributed by atoms with E-state index in [9.17, 15) is 39.6 Å². The number of nitrogens with one attached hydrogen (secondary N) is 2. The normalized spacial score (nSPS) is 15.5. The van der Waals surface area contributed by atoms with Crippen molar-refractivity contribution in [3.05, 3.63) is 72.6 Å². The SMILES string of the molecule is CC(C)(C)OC(=O)Nc1ccc2c(c1)N(S(=O)(=O)c1cccc(C(F)(F)F)c1)CC(CC(=O)NS(=O)(=O)c1ccncc1)O2. The van der Waals surface area contributed by atoms with Crippen LogP contribution >= 0.6 is 0 Å². The van der Waals surface area contributed by atoms with Gasteiger partial charge in [0.05, 0.1) is 34.0 Å². The van der Waals surface area contributed by atoms with Crippen LogP contribution in [0.5, 0.6) is 5.75 Å². The molecule has 1 aliphatic rings. The molecule has 2 N–H and O–H groups in total. The van der Waals surface area contributed by atoms with E-state index in [1.807, 2.05) is 4.72 Å². The van der Waals surface area contributed by atoms with Crippen LogP contribution in [0.25, 0.3) is 0 Å². The van der Waals surface area contributed by atoms with Crippen LogP contribution in [0.4, 0.5) is 29.3 Å². The third kappa shape index (κ3) is 7.76. The van der Waals surface area contributed by atoms with Gasteiger partial charge >= 0.3 is 12.3 Å². The number of sulfonamides is 2. The van der Waals surface area contributed by atoms with E-state index >= 15 is 0 Å². The highest BCUT2D eigenvalue weighted by Gasteiger charge is 2.38. The number of fused-ring (bicyclic) bond motifs is 1. The number of pyridine rings is 1. The van der Waals surface area contributed by atoms with Gasteiger partial charge in [-0.2, -0.15) is 13.2 Å². The van der Waals surface area contributed by atoms with Gasteiger partial charge < -0.3 is 9.47 Å². The maximum atomic E-state index is 13.8. The average molecular weight is 657 g/mol. The molecule has 1 aliphatic heterocycles. The lowest BCUT2D eigenvalue weighted by Crippen LogP contribution is -2.46. The van der Waals surface area contributed by atoms with Gasteiger partial charge in [-0.25, -0.2) is 26.4 Å². The number of aromatic nitrogens is 1. The second-order valence-electron chi connectivity index (χ2n) is 10.5. The monoisotopic (exact) mass is 656 g/mol. The van der Waals surface area contributed by atoms with Crippen LogP contribution in [-0.2, 0) is 35.8 Å². The third-order valence-corrected chi connectivity index (χ3v) is 9.07. The van der Waals surface area contributed by atoms with Gasteiger partial charge in [0.15, 0.2) is 0 Å². The standard InChI is InChI=1S/C27H27F3N4O8S2/c1-26(2,3)42-25(36)32-18-7-8-23-22(14-18)34(44(39,40)21-6-4-5-17(13-21)27(28,29)30)16-19(41-23)15-24(35)33-43(37,38)20-9-11-31-12-10-20/h4-14,19H,15-16H2,1-3H3,(H,32,36)(H,33,35). The van der Waals surface area contributed by atoms with Crippen molar-refractivity contribution in [2.24, 2.45) is 0 Å². The summed E-state index contributed by atoms with van der Waals surface area (Å²) in [6.45, 7) is 4.31. The fourth-order valence-electron chi connectivity index (χ4n) is 4.08. The number of anilines is 2. The summed E-state index contributed by atoms with van der Waals surface area (Å²) in [4.78, 5) is 27.8. The summed E-state index contributed by atoms with van der Waals surface area (Å²) in [7, 11) is -9.02. The molecule has 3 aromatic rings. The minimum Gasteiger partial charge on any atom is -0.486 e. The second kappa shape index (κ2) is 12.0. The minimum atomic E-state index is -4.83. The van der Waals surface area contributed by atoms with E-state index in [0.29, 0.717) is 12.1 Å². The fraction of sp³-hybridized carbons (Fsp3) is 0.296. The number of benzene rings is 2. The summed E-state index contributed by atoms with van der Waals surface area (Å²) in [6.07, 6.45) is -5.17. The topological polar surface area (TPSA) is 161 Å². The van der Waals surface area contributed by atoms with Gasteiger partial charge in [-0.15, -0.1) is 0 Å². The Labute approximate surface area is 251 Å². The molecule has 0 bridgehead atoms. The van der Waals surface area contributed by atoms with E-state index in [4.69, 9.17) is 9.47 Å².